The summed E-state index contributed by atoms with van der Waals surface area (Å²) in [6, 6.07) is -5.44. The summed E-state index contributed by atoms with van der Waals surface area (Å²) < 4.78 is 0. The van der Waals surface area contributed by atoms with Gasteiger partial charge in [0.2, 0.25) is 29.5 Å². The standard InChI is InChI=1S/C21H35N11O7/c22-11(2-1-5-28-21(25)26)17(35)31-13(6-10-8-27-9-29-10)18(36)32-14(7-16(24)34)19(37)30-12(20(38)39)3-4-15(23)33/h8-9,11-14H,1-7,22H2,(H2,23,33)(H2,24,34)(H,27,29)(H,30,37)(H,31,35)(H,32,36)(H,38,39)(H4,25,26,28). The van der Waals surface area contributed by atoms with Crippen LogP contribution < -0.4 is 44.6 Å². The molecule has 0 saturated heterocycles. The molecule has 0 aliphatic heterocycles. The first-order chi connectivity index (χ1) is 18.3. The first kappa shape index (κ1) is 32.3. The third kappa shape index (κ3) is 12.9. The second-order valence-electron chi connectivity index (χ2n) is 8.53. The quantitative estimate of drug-likeness (QED) is 0.0466. The normalized spacial score (nSPS) is 13.7. The number of imidazole rings is 1. The van der Waals surface area contributed by atoms with E-state index in [9.17, 15) is 33.9 Å². The van der Waals surface area contributed by atoms with Gasteiger partial charge in [-0.3, -0.25) is 29.0 Å². The van der Waals surface area contributed by atoms with E-state index in [-0.39, 0.29) is 38.2 Å². The molecule has 1 heterocycles. The summed E-state index contributed by atoms with van der Waals surface area (Å²) in [4.78, 5) is 83.1. The molecule has 0 aromatic carbocycles. The zero-order valence-corrected chi connectivity index (χ0v) is 21.1. The van der Waals surface area contributed by atoms with Crippen LogP contribution in [0.15, 0.2) is 17.5 Å². The summed E-state index contributed by atoms with van der Waals surface area (Å²) in [7, 11) is 0. The highest BCUT2D eigenvalue weighted by molar-refractivity contribution is 5.96. The molecule has 216 valence electrons. The summed E-state index contributed by atoms with van der Waals surface area (Å²) in [5, 5.41) is 16.3. The maximum absolute atomic E-state index is 13.1. The van der Waals surface area contributed by atoms with Gasteiger partial charge in [0, 0.05) is 31.3 Å². The van der Waals surface area contributed by atoms with Crippen molar-refractivity contribution in [1.82, 2.24) is 25.9 Å². The maximum atomic E-state index is 13.1. The zero-order chi connectivity index (χ0) is 29.5. The second kappa shape index (κ2) is 16.2. The fraction of sp³-hybridized carbons (Fsp3) is 0.524. The molecule has 1 aromatic heterocycles. The molecule has 18 nitrogen and oxygen atoms in total. The Balaban J connectivity index is 3.00. The van der Waals surface area contributed by atoms with E-state index in [1.165, 1.54) is 12.5 Å². The molecule has 4 atom stereocenters. The van der Waals surface area contributed by atoms with E-state index in [4.69, 9.17) is 28.7 Å². The molecular formula is C21H35N11O7. The van der Waals surface area contributed by atoms with Gasteiger partial charge in [-0.25, -0.2) is 9.78 Å². The number of carbonyl (C=O) groups is 6. The number of nitrogens with zero attached hydrogens (tertiary/aromatic N) is 2. The van der Waals surface area contributed by atoms with Crippen LogP contribution in [0.4, 0.5) is 0 Å². The number of carboxylic acid groups (broad SMARTS) is 1. The minimum atomic E-state index is -1.60. The molecule has 0 saturated carbocycles. The molecule has 0 aliphatic rings. The number of primary amides is 2. The van der Waals surface area contributed by atoms with Gasteiger partial charge in [-0.15, -0.1) is 0 Å². The van der Waals surface area contributed by atoms with E-state index in [1.807, 2.05) is 0 Å². The number of nitrogens with one attached hydrogen (secondary N) is 4. The molecule has 4 unspecified atom stereocenters. The van der Waals surface area contributed by atoms with E-state index in [0.29, 0.717) is 12.1 Å². The van der Waals surface area contributed by atoms with Crippen molar-refractivity contribution in [1.29, 1.82) is 0 Å². The lowest BCUT2D eigenvalue weighted by atomic mass is 10.1. The van der Waals surface area contributed by atoms with Gasteiger partial charge in [0.05, 0.1) is 18.8 Å². The van der Waals surface area contributed by atoms with E-state index < -0.39 is 66.1 Å². The van der Waals surface area contributed by atoms with E-state index in [2.05, 4.69) is 30.9 Å². The number of carboxylic acids is 1. The number of carbonyl (C=O) groups excluding carboxylic acids is 5. The predicted octanol–water partition coefficient (Wildman–Crippen LogP) is -4.99. The van der Waals surface area contributed by atoms with Crippen molar-refractivity contribution in [3.8, 4) is 0 Å². The van der Waals surface area contributed by atoms with Crippen LogP contribution in [-0.4, -0.2) is 87.3 Å². The molecule has 0 radical (unpaired) electrons. The van der Waals surface area contributed by atoms with Crippen LogP contribution in [0.5, 0.6) is 0 Å². The third-order valence-corrected chi connectivity index (χ3v) is 5.25. The Hall–Kier alpha value is -4.74. The summed E-state index contributed by atoms with van der Waals surface area (Å²) >= 11 is 0. The van der Waals surface area contributed by atoms with Gasteiger partial charge in [-0.1, -0.05) is 0 Å². The van der Waals surface area contributed by atoms with Gasteiger partial charge in [-0.2, -0.15) is 0 Å². The van der Waals surface area contributed by atoms with Crippen LogP contribution in [0.3, 0.4) is 0 Å². The number of H-pyrrole nitrogens is 1. The Morgan fingerprint density at radius 3 is 2.05 bits per heavy atom. The van der Waals surface area contributed by atoms with Crippen molar-refractivity contribution in [2.24, 2.45) is 33.7 Å². The minimum Gasteiger partial charge on any atom is -0.480 e. The highest BCUT2D eigenvalue weighted by Crippen LogP contribution is 2.05. The third-order valence-electron chi connectivity index (χ3n) is 5.25. The first-order valence-electron chi connectivity index (χ1n) is 11.8. The number of guanidine groups is 1. The summed E-state index contributed by atoms with van der Waals surface area (Å²) in [5.74, 6) is -5.97. The van der Waals surface area contributed by atoms with Gasteiger partial charge in [0.1, 0.15) is 18.1 Å². The van der Waals surface area contributed by atoms with Gasteiger partial charge in [0.15, 0.2) is 5.96 Å². The van der Waals surface area contributed by atoms with Crippen LogP contribution in [0.2, 0.25) is 0 Å². The summed E-state index contributed by atoms with van der Waals surface area (Å²) in [6.45, 7) is 0.238. The number of aromatic nitrogens is 2. The second-order valence-corrected chi connectivity index (χ2v) is 8.53. The van der Waals surface area contributed by atoms with Crippen molar-refractivity contribution in [2.45, 2.75) is 62.7 Å². The Morgan fingerprint density at radius 2 is 1.51 bits per heavy atom. The molecule has 0 bridgehead atoms. The minimum absolute atomic E-state index is 0.0977. The van der Waals surface area contributed by atoms with Crippen molar-refractivity contribution < 1.29 is 33.9 Å². The average Bonchev–Trinajstić information content (AvgIpc) is 3.35. The average molecular weight is 554 g/mol. The Bertz CT molecular complexity index is 1040. The molecule has 0 fully saturated rings. The number of aromatic amines is 1. The number of hydrogen-bond acceptors (Lipinski definition) is 9. The smallest absolute Gasteiger partial charge is 0.326 e. The number of nitrogens with two attached hydrogens (primary N) is 5. The monoisotopic (exact) mass is 553 g/mol. The molecule has 5 amide bonds. The SMILES string of the molecule is NC(=O)CCC(NC(=O)C(CC(N)=O)NC(=O)C(Cc1cnc[nH]1)NC(=O)C(N)CCCN=C(N)N)C(=O)O. The first-order valence-corrected chi connectivity index (χ1v) is 11.8. The topological polar surface area (TPSA) is 330 Å². The number of aliphatic imine (C=N–C) groups is 1. The molecule has 18 heteroatoms. The van der Waals surface area contributed by atoms with Gasteiger partial charge in [-0.05, 0) is 19.3 Å². The largest absolute Gasteiger partial charge is 0.480 e. The molecule has 0 spiro atoms. The van der Waals surface area contributed by atoms with Gasteiger partial charge < -0.3 is 54.7 Å². The number of aliphatic carboxylic acids is 1. The van der Waals surface area contributed by atoms with Crippen LogP contribution in [-0.2, 0) is 35.2 Å². The summed E-state index contributed by atoms with van der Waals surface area (Å²) in [5.41, 5.74) is 27.1. The molecule has 0 aliphatic carbocycles. The Morgan fingerprint density at radius 1 is 0.897 bits per heavy atom. The van der Waals surface area contributed by atoms with E-state index in [1.54, 1.807) is 0 Å². The van der Waals surface area contributed by atoms with Crippen LogP contribution in [0.25, 0.3) is 0 Å². The van der Waals surface area contributed by atoms with Crippen molar-refractivity contribution in [3.63, 3.8) is 0 Å². The lowest BCUT2D eigenvalue weighted by Gasteiger charge is -2.24. The van der Waals surface area contributed by atoms with Crippen molar-refractivity contribution >= 4 is 41.5 Å². The number of hydrogen-bond donors (Lipinski definition) is 10. The Kier molecular flexibility index (Phi) is 13.4. The van der Waals surface area contributed by atoms with Gasteiger partial charge in [0.25, 0.3) is 0 Å². The summed E-state index contributed by atoms with van der Waals surface area (Å²) in [6.07, 6.45) is 1.88. The van der Waals surface area contributed by atoms with Crippen LogP contribution in [0.1, 0.15) is 37.8 Å². The van der Waals surface area contributed by atoms with Crippen LogP contribution >= 0.6 is 0 Å². The lowest BCUT2D eigenvalue weighted by molar-refractivity contribution is -0.142. The molecule has 1 rings (SSSR count). The zero-order valence-electron chi connectivity index (χ0n) is 21.1. The van der Waals surface area contributed by atoms with Crippen molar-refractivity contribution in [2.75, 3.05) is 6.54 Å². The van der Waals surface area contributed by atoms with Crippen LogP contribution in [0, 0.1) is 0 Å². The molecule has 15 N–H and O–H groups in total. The van der Waals surface area contributed by atoms with Crippen molar-refractivity contribution in [3.05, 3.63) is 18.2 Å². The fourth-order valence-corrected chi connectivity index (χ4v) is 3.25. The van der Waals surface area contributed by atoms with E-state index >= 15 is 0 Å². The fourth-order valence-electron chi connectivity index (χ4n) is 3.25. The predicted molar refractivity (Wildman–Crippen MR) is 136 cm³/mol. The number of amides is 5. The van der Waals surface area contributed by atoms with Gasteiger partial charge >= 0.3 is 5.97 Å². The highest BCUT2D eigenvalue weighted by Gasteiger charge is 2.31. The maximum Gasteiger partial charge on any atom is 0.326 e. The highest BCUT2D eigenvalue weighted by atomic mass is 16.4. The van der Waals surface area contributed by atoms with E-state index in [0.717, 1.165) is 0 Å². The molecule has 39 heavy (non-hydrogen) atoms. The molecular weight excluding hydrogens is 518 g/mol. The number of rotatable bonds is 18. The molecule has 1 aromatic rings. The lowest BCUT2D eigenvalue weighted by Crippen LogP contribution is -2.58. The Labute approximate surface area is 222 Å².